The molecule has 4 nitrogen and oxygen atoms in total. The molecule has 2 N–H and O–H groups in total. The van der Waals surface area contributed by atoms with Crippen molar-refractivity contribution < 1.29 is 5.11 Å². The summed E-state index contributed by atoms with van der Waals surface area (Å²) in [5, 5.41) is 17.4. The Morgan fingerprint density at radius 1 is 1.25 bits per heavy atom. The summed E-state index contributed by atoms with van der Waals surface area (Å²) in [7, 11) is 0. The average molecular weight is 273 g/mol. The largest absolute Gasteiger partial charge is 0.394 e. The number of aromatic nitrogens is 2. The van der Waals surface area contributed by atoms with Gasteiger partial charge in [-0.3, -0.25) is 4.68 Å². The standard InChI is InChI=1S/C16H23N3O/c1-13(2)18-16(3,12-20)11-19-10-15(9-17-19)14-7-5-4-6-8-14/h4-10,13,18,20H,11-12H2,1-3H3. The van der Waals surface area contributed by atoms with Crippen molar-refractivity contribution in [3.63, 3.8) is 0 Å². The third-order valence-electron chi connectivity index (χ3n) is 3.24. The monoisotopic (exact) mass is 273 g/mol. The highest BCUT2D eigenvalue weighted by molar-refractivity contribution is 5.61. The molecule has 0 spiro atoms. The Balaban J connectivity index is 2.13. The lowest BCUT2D eigenvalue weighted by molar-refractivity contribution is 0.144. The van der Waals surface area contributed by atoms with Crippen molar-refractivity contribution in [1.82, 2.24) is 15.1 Å². The molecule has 0 fully saturated rings. The summed E-state index contributed by atoms with van der Waals surface area (Å²) in [6.07, 6.45) is 3.88. The van der Waals surface area contributed by atoms with E-state index >= 15 is 0 Å². The fraction of sp³-hybridized carbons (Fsp3) is 0.438. The van der Waals surface area contributed by atoms with Gasteiger partial charge in [-0.25, -0.2) is 0 Å². The molecule has 1 atom stereocenters. The van der Waals surface area contributed by atoms with Crippen molar-refractivity contribution in [2.75, 3.05) is 6.61 Å². The Morgan fingerprint density at radius 2 is 1.95 bits per heavy atom. The van der Waals surface area contributed by atoms with Crippen molar-refractivity contribution in [1.29, 1.82) is 0 Å². The lowest BCUT2D eigenvalue weighted by Gasteiger charge is -2.31. The molecule has 0 radical (unpaired) electrons. The predicted octanol–water partition coefficient (Wildman–Crippen LogP) is 2.30. The van der Waals surface area contributed by atoms with Crippen LogP contribution >= 0.6 is 0 Å². The minimum atomic E-state index is -0.367. The summed E-state index contributed by atoms with van der Waals surface area (Å²) in [6.45, 7) is 6.87. The first-order chi connectivity index (χ1) is 9.52. The van der Waals surface area contributed by atoms with Crippen LogP contribution in [0.2, 0.25) is 0 Å². The second-order valence-corrected chi connectivity index (χ2v) is 5.81. The number of hydrogen-bond acceptors (Lipinski definition) is 3. The first-order valence-corrected chi connectivity index (χ1v) is 6.99. The van der Waals surface area contributed by atoms with Gasteiger partial charge in [-0.05, 0) is 12.5 Å². The van der Waals surface area contributed by atoms with Crippen LogP contribution in [-0.4, -0.2) is 33.1 Å². The van der Waals surface area contributed by atoms with Gasteiger partial charge in [-0.2, -0.15) is 5.10 Å². The van der Waals surface area contributed by atoms with Crippen molar-refractivity contribution >= 4 is 0 Å². The summed E-state index contributed by atoms with van der Waals surface area (Å²) >= 11 is 0. The number of rotatable bonds is 6. The van der Waals surface area contributed by atoms with Crippen LogP contribution in [0.15, 0.2) is 42.7 Å². The lowest BCUT2D eigenvalue weighted by atomic mass is 10.0. The van der Waals surface area contributed by atoms with Gasteiger partial charge < -0.3 is 10.4 Å². The zero-order valence-corrected chi connectivity index (χ0v) is 12.4. The fourth-order valence-corrected chi connectivity index (χ4v) is 2.43. The fourth-order valence-electron chi connectivity index (χ4n) is 2.43. The van der Waals surface area contributed by atoms with E-state index < -0.39 is 0 Å². The van der Waals surface area contributed by atoms with Crippen LogP contribution in [0.4, 0.5) is 0 Å². The third-order valence-corrected chi connectivity index (χ3v) is 3.24. The first-order valence-electron chi connectivity index (χ1n) is 6.99. The Morgan fingerprint density at radius 3 is 2.55 bits per heavy atom. The second kappa shape index (κ2) is 6.20. The number of aliphatic hydroxyl groups is 1. The number of hydrogen-bond donors (Lipinski definition) is 2. The van der Waals surface area contributed by atoms with Crippen molar-refractivity contribution in [3.8, 4) is 11.1 Å². The summed E-state index contributed by atoms with van der Waals surface area (Å²) in [4.78, 5) is 0. The lowest BCUT2D eigenvalue weighted by Crippen LogP contribution is -2.52. The Labute approximate surface area is 120 Å². The molecule has 1 aromatic carbocycles. The van der Waals surface area contributed by atoms with E-state index in [4.69, 9.17) is 0 Å². The quantitative estimate of drug-likeness (QED) is 0.849. The van der Waals surface area contributed by atoms with E-state index in [0.29, 0.717) is 12.6 Å². The maximum Gasteiger partial charge on any atom is 0.0628 e. The Bertz CT molecular complexity index is 536. The van der Waals surface area contributed by atoms with Crippen LogP contribution in [0.1, 0.15) is 20.8 Å². The van der Waals surface area contributed by atoms with Gasteiger partial charge in [-0.1, -0.05) is 44.2 Å². The highest BCUT2D eigenvalue weighted by Gasteiger charge is 2.25. The maximum atomic E-state index is 9.62. The maximum absolute atomic E-state index is 9.62. The van der Waals surface area contributed by atoms with Crippen molar-refractivity contribution in [2.24, 2.45) is 0 Å². The van der Waals surface area contributed by atoms with Crippen LogP contribution in [0.5, 0.6) is 0 Å². The Kier molecular flexibility index (Phi) is 4.57. The van der Waals surface area contributed by atoms with Gasteiger partial charge in [0.25, 0.3) is 0 Å². The summed E-state index contributed by atoms with van der Waals surface area (Å²) in [6, 6.07) is 10.5. The van der Waals surface area contributed by atoms with E-state index in [1.54, 1.807) is 0 Å². The molecule has 1 heterocycles. The molecule has 1 aromatic heterocycles. The summed E-state index contributed by atoms with van der Waals surface area (Å²) in [5.41, 5.74) is 1.88. The molecule has 2 aromatic rings. The van der Waals surface area contributed by atoms with E-state index in [1.807, 2.05) is 42.2 Å². The zero-order chi connectivity index (χ0) is 14.6. The molecule has 4 heteroatoms. The van der Waals surface area contributed by atoms with Gasteiger partial charge in [0.1, 0.15) is 0 Å². The van der Waals surface area contributed by atoms with E-state index in [2.05, 4.69) is 36.4 Å². The van der Waals surface area contributed by atoms with Crippen LogP contribution in [-0.2, 0) is 6.54 Å². The van der Waals surface area contributed by atoms with E-state index in [9.17, 15) is 5.11 Å². The summed E-state index contributed by atoms with van der Waals surface area (Å²) < 4.78 is 1.88. The molecule has 0 aliphatic rings. The molecule has 20 heavy (non-hydrogen) atoms. The van der Waals surface area contributed by atoms with Crippen LogP contribution in [0, 0.1) is 0 Å². The van der Waals surface area contributed by atoms with Gasteiger partial charge in [0.15, 0.2) is 0 Å². The minimum absolute atomic E-state index is 0.0751. The third kappa shape index (κ3) is 3.68. The molecule has 2 rings (SSSR count). The minimum Gasteiger partial charge on any atom is -0.394 e. The van der Waals surface area contributed by atoms with E-state index in [-0.39, 0.29) is 12.1 Å². The van der Waals surface area contributed by atoms with Gasteiger partial charge >= 0.3 is 0 Å². The van der Waals surface area contributed by atoms with Gasteiger partial charge in [0, 0.05) is 17.8 Å². The summed E-state index contributed by atoms with van der Waals surface area (Å²) in [5.74, 6) is 0. The highest BCUT2D eigenvalue weighted by Crippen LogP contribution is 2.18. The topological polar surface area (TPSA) is 50.1 Å². The molecular formula is C16H23N3O. The number of nitrogens with one attached hydrogen (secondary N) is 1. The molecule has 0 aliphatic carbocycles. The van der Waals surface area contributed by atoms with Gasteiger partial charge in [-0.15, -0.1) is 0 Å². The van der Waals surface area contributed by atoms with Crippen molar-refractivity contribution in [3.05, 3.63) is 42.7 Å². The molecule has 0 amide bonds. The molecule has 0 bridgehead atoms. The first kappa shape index (κ1) is 14.8. The zero-order valence-electron chi connectivity index (χ0n) is 12.4. The van der Waals surface area contributed by atoms with Crippen LogP contribution in [0.25, 0.3) is 11.1 Å². The van der Waals surface area contributed by atoms with Crippen LogP contribution < -0.4 is 5.32 Å². The number of benzene rings is 1. The molecule has 0 saturated heterocycles. The SMILES string of the molecule is CC(C)NC(C)(CO)Cn1cc(-c2ccccc2)cn1. The average Bonchev–Trinajstić information content (AvgIpc) is 2.87. The molecular weight excluding hydrogens is 250 g/mol. The second-order valence-electron chi connectivity index (χ2n) is 5.81. The molecule has 0 saturated carbocycles. The van der Waals surface area contributed by atoms with Crippen molar-refractivity contribution in [2.45, 2.75) is 38.9 Å². The van der Waals surface area contributed by atoms with Crippen LogP contribution in [0.3, 0.4) is 0 Å². The molecule has 1 unspecified atom stereocenters. The highest BCUT2D eigenvalue weighted by atomic mass is 16.3. The van der Waals surface area contributed by atoms with E-state index in [1.165, 1.54) is 0 Å². The smallest absolute Gasteiger partial charge is 0.0628 e. The number of aliphatic hydroxyl groups excluding tert-OH is 1. The normalized spacial score (nSPS) is 14.4. The van der Waals surface area contributed by atoms with E-state index in [0.717, 1.165) is 11.1 Å². The predicted molar refractivity (Wildman–Crippen MR) is 81.4 cm³/mol. The molecule has 0 aliphatic heterocycles. The Hall–Kier alpha value is -1.65. The number of nitrogens with zero attached hydrogens (tertiary/aromatic N) is 2. The van der Waals surface area contributed by atoms with Gasteiger partial charge in [0.2, 0.25) is 0 Å². The van der Waals surface area contributed by atoms with Gasteiger partial charge in [0.05, 0.1) is 24.9 Å². The molecule has 108 valence electrons.